The summed E-state index contributed by atoms with van der Waals surface area (Å²) in [5, 5.41) is 4.34. The molecule has 0 amide bonds. The van der Waals surface area contributed by atoms with E-state index >= 15 is 0 Å². The van der Waals surface area contributed by atoms with Crippen LogP contribution in [0.4, 0.5) is 0 Å². The summed E-state index contributed by atoms with van der Waals surface area (Å²) < 4.78 is 1.05. The first-order valence-electron chi connectivity index (χ1n) is 7.09. The molecule has 1 aromatic carbocycles. The zero-order chi connectivity index (χ0) is 13.7. The van der Waals surface area contributed by atoms with Crippen molar-refractivity contribution in [3.8, 4) is 0 Å². The van der Waals surface area contributed by atoms with Gasteiger partial charge < -0.3 is 5.32 Å². The molecule has 1 aliphatic heterocycles. The van der Waals surface area contributed by atoms with Gasteiger partial charge in [0.25, 0.3) is 0 Å². The monoisotopic (exact) mass is 344 g/mol. The van der Waals surface area contributed by atoms with Gasteiger partial charge in [0, 0.05) is 28.6 Å². The molecule has 1 saturated heterocycles. The van der Waals surface area contributed by atoms with Gasteiger partial charge in [0.2, 0.25) is 0 Å². The van der Waals surface area contributed by atoms with Crippen molar-refractivity contribution in [2.45, 2.75) is 38.8 Å². The van der Waals surface area contributed by atoms with Crippen LogP contribution in [0.15, 0.2) is 22.7 Å². The lowest BCUT2D eigenvalue weighted by molar-refractivity contribution is 0.138. The highest BCUT2D eigenvalue weighted by Gasteiger charge is 2.22. The van der Waals surface area contributed by atoms with Gasteiger partial charge in [0.15, 0.2) is 0 Å². The summed E-state index contributed by atoms with van der Waals surface area (Å²) in [5.74, 6) is 0. The van der Waals surface area contributed by atoms with Crippen molar-refractivity contribution >= 4 is 27.5 Å². The highest BCUT2D eigenvalue weighted by molar-refractivity contribution is 9.10. The Kier molecular flexibility index (Phi) is 6.14. The summed E-state index contributed by atoms with van der Waals surface area (Å²) in [7, 11) is 0. The molecule has 0 saturated carbocycles. The molecule has 2 nitrogen and oxygen atoms in total. The first-order chi connectivity index (χ1) is 9.20. The van der Waals surface area contributed by atoms with E-state index in [2.05, 4.69) is 45.2 Å². The van der Waals surface area contributed by atoms with Crippen molar-refractivity contribution in [1.82, 2.24) is 10.2 Å². The standard InChI is InChI=1S/C15H22BrClN2/c1-2-18-10-14-5-3-4-8-19(14)11-12-6-7-13(16)9-15(12)17/h6-7,9,14,18H,2-5,8,10-11H2,1H3. The average Bonchev–Trinajstić information content (AvgIpc) is 2.41. The summed E-state index contributed by atoms with van der Waals surface area (Å²) in [4.78, 5) is 2.57. The van der Waals surface area contributed by atoms with Crippen LogP contribution >= 0.6 is 27.5 Å². The van der Waals surface area contributed by atoms with Gasteiger partial charge in [-0.25, -0.2) is 0 Å². The lowest BCUT2D eigenvalue weighted by Gasteiger charge is -2.36. The second-order valence-corrected chi connectivity index (χ2v) is 6.49. The minimum atomic E-state index is 0.647. The van der Waals surface area contributed by atoms with Gasteiger partial charge in [-0.1, -0.05) is 46.9 Å². The number of nitrogens with one attached hydrogen (secondary N) is 1. The Morgan fingerprint density at radius 3 is 3.00 bits per heavy atom. The Bertz CT molecular complexity index is 411. The minimum Gasteiger partial charge on any atom is -0.315 e. The second kappa shape index (κ2) is 7.63. The van der Waals surface area contributed by atoms with Crippen LogP contribution in [0.25, 0.3) is 0 Å². The number of likely N-dealkylation sites (tertiary alicyclic amines) is 1. The molecule has 0 aliphatic carbocycles. The minimum absolute atomic E-state index is 0.647. The highest BCUT2D eigenvalue weighted by Crippen LogP contribution is 2.25. The Morgan fingerprint density at radius 2 is 2.26 bits per heavy atom. The maximum atomic E-state index is 6.33. The Morgan fingerprint density at radius 1 is 1.42 bits per heavy atom. The zero-order valence-corrected chi connectivity index (χ0v) is 13.8. The summed E-state index contributed by atoms with van der Waals surface area (Å²) in [6.45, 7) is 6.44. The number of piperidine rings is 1. The van der Waals surface area contributed by atoms with Gasteiger partial charge in [-0.15, -0.1) is 0 Å². The Hall–Kier alpha value is -0.0900. The molecule has 106 valence electrons. The molecule has 1 atom stereocenters. The lowest BCUT2D eigenvalue weighted by Crippen LogP contribution is -2.44. The van der Waals surface area contributed by atoms with E-state index in [0.717, 1.165) is 29.1 Å². The Labute approximate surface area is 129 Å². The van der Waals surface area contributed by atoms with Gasteiger partial charge in [0.05, 0.1) is 0 Å². The van der Waals surface area contributed by atoms with Crippen molar-refractivity contribution in [2.75, 3.05) is 19.6 Å². The van der Waals surface area contributed by atoms with E-state index < -0.39 is 0 Å². The van der Waals surface area contributed by atoms with E-state index in [1.807, 2.05) is 6.07 Å². The zero-order valence-electron chi connectivity index (χ0n) is 11.5. The van der Waals surface area contributed by atoms with Crippen molar-refractivity contribution in [2.24, 2.45) is 0 Å². The van der Waals surface area contributed by atoms with Crippen LogP contribution in [0.2, 0.25) is 5.02 Å². The molecule has 0 aromatic heterocycles. The number of halogens is 2. The quantitative estimate of drug-likeness (QED) is 0.865. The SMILES string of the molecule is CCNCC1CCCCN1Cc1ccc(Br)cc1Cl. The molecule has 1 aliphatic rings. The van der Waals surface area contributed by atoms with Gasteiger partial charge in [-0.05, 0) is 43.6 Å². The maximum Gasteiger partial charge on any atom is 0.0462 e. The first kappa shape index (κ1) is 15.3. The van der Waals surface area contributed by atoms with E-state index in [1.54, 1.807) is 0 Å². The average molecular weight is 346 g/mol. The molecular formula is C15H22BrClN2. The number of benzene rings is 1. The molecule has 1 N–H and O–H groups in total. The largest absolute Gasteiger partial charge is 0.315 e. The van der Waals surface area contributed by atoms with Gasteiger partial charge >= 0.3 is 0 Å². The van der Waals surface area contributed by atoms with Gasteiger partial charge in [-0.3, -0.25) is 4.90 Å². The molecule has 19 heavy (non-hydrogen) atoms. The van der Waals surface area contributed by atoms with Crippen LogP contribution < -0.4 is 5.32 Å². The Balaban J connectivity index is 2.02. The topological polar surface area (TPSA) is 15.3 Å². The third kappa shape index (κ3) is 4.45. The van der Waals surface area contributed by atoms with Crippen LogP contribution in [0.5, 0.6) is 0 Å². The fourth-order valence-electron chi connectivity index (χ4n) is 2.68. The molecule has 0 radical (unpaired) electrons. The van der Waals surface area contributed by atoms with Crippen molar-refractivity contribution in [3.05, 3.63) is 33.3 Å². The number of likely N-dealkylation sites (N-methyl/N-ethyl adjacent to an activating group) is 1. The fraction of sp³-hybridized carbons (Fsp3) is 0.600. The first-order valence-corrected chi connectivity index (χ1v) is 8.26. The lowest BCUT2D eigenvalue weighted by atomic mass is 10.0. The molecule has 1 aromatic rings. The van der Waals surface area contributed by atoms with Crippen molar-refractivity contribution < 1.29 is 0 Å². The molecule has 0 bridgehead atoms. The maximum absolute atomic E-state index is 6.33. The molecule has 1 heterocycles. The third-order valence-corrected chi connectivity index (χ3v) is 4.61. The molecular weight excluding hydrogens is 324 g/mol. The second-order valence-electron chi connectivity index (χ2n) is 5.16. The number of hydrogen-bond acceptors (Lipinski definition) is 2. The summed E-state index contributed by atoms with van der Waals surface area (Å²) >= 11 is 9.79. The van der Waals surface area contributed by atoms with Crippen LogP contribution in [0.3, 0.4) is 0 Å². The fourth-order valence-corrected chi connectivity index (χ4v) is 3.41. The van der Waals surface area contributed by atoms with E-state index in [9.17, 15) is 0 Å². The molecule has 2 rings (SSSR count). The van der Waals surface area contributed by atoms with Crippen LogP contribution in [0, 0.1) is 0 Å². The van der Waals surface area contributed by atoms with E-state index in [-0.39, 0.29) is 0 Å². The van der Waals surface area contributed by atoms with Crippen LogP contribution in [-0.2, 0) is 6.54 Å². The number of nitrogens with zero attached hydrogens (tertiary/aromatic N) is 1. The number of hydrogen-bond donors (Lipinski definition) is 1. The molecule has 1 unspecified atom stereocenters. The highest BCUT2D eigenvalue weighted by atomic mass is 79.9. The smallest absolute Gasteiger partial charge is 0.0462 e. The van der Waals surface area contributed by atoms with E-state index in [1.165, 1.54) is 31.4 Å². The molecule has 4 heteroatoms. The summed E-state index contributed by atoms with van der Waals surface area (Å²) in [6, 6.07) is 6.84. The summed E-state index contributed by atoms with van der Waals surface area (Å²) in [6.07, 6.45) is 3.94. The van der Waals surface area contributed by atoms with Gasteiger partial charge in [-0.2, -0.15) is 0 Å². The predicted molar refractivity (Wildman–Crippen MR) is 85.7 cm³/mol. The van der Waals surface area contributed by atoms with Crippen molar-refractivity contribution in [1.29, 1.82) is 0 Å². The van der Waals surface area contributed by atoms with E-state index in [4.69, 9.17) is 11.6 Å². The number of rotatable bonds is 5. The van der Waals surface area contributed by atoms with Crippen LogP contribution in [0.1, 0.15) is 31.7 Å². The molecule has 1 fully saturated rings. The van der Waals surface area contributed by atoms with Crippen molar-refractivity contribution in [3.63, 3.8) is 0 Å². The third-order valence-electron chi connectivity index (χ3n) is 3.77. The predicted octanol–water partition coefficient (Wildman–Crippen LogP) is 4.07. The van der Waals surface area contributed by atoms with E-state index in [0.29, 0.717) is 6.04 Å². The van der Waals surface area contributed by atoms with Gasteiger partial charge in [0.1, 0.15) is 0 Å². The molecule has 0 spiro atoms. The van der Waals surface area contributed by atoms with Crippen LogP contribution in [-0.4, -0.2) is 30.6 Å². The normalized spacial score (nSPS) is 20.7. The summed E-state index contributed by atoms with van der Waals surface area (Å²) in [5.41, 5.74) is 1.23.